The van der Waals surface area contributed by atoms with E-state index in [0.717, 1.165) is 18.2 Å². The second-order valence-electron chi connectivity index (χ2n) is 5.14. The van der Waals surface area contributed by atoms with Crippen LogP contribution >= 0.6 is 12.4 Å². The van der Waals surface area contributed by atoms with Crippen LogP contribution in [0.3, 0.4) is 0 Å². The Balaban J connectivity index is 0.00000400. The first-order valence-corrected chi connectivity index (χ1v) is 7.35. The minimum atomic E-state index is -3.82. The van der Waals surface area contributed by atoms with E-state index in [1.54, 1.807) is 13.8 Å². The molecule has 1 aromatic carbocycles. The van der Waals surface area contributed by atoms with Gasteiger partial charge >= 0.3 is 0 Å². The van der Waals surface area contributed by atoms with E-state index in [9.17, 15) is 17.6 Å². The Labute approximate surface area is 129 Å². The number of anilines is 1. The summed E-state index contributed by atoms with van der Waals surface area (Å²) in [6.45, 7) is 4.57. The Kier molecular flexibility index (Phi) is 6.75. The van der Waals surface area contributed by atoms with Gasteiger partial charge in [0.25, 0.3) is 0 Å². The van der Waals surface area contributed by atoms with Gasteiger partial charge in [-0.25, -0.2) is 17.5 Å². The summed E-state index contributed by atoms with van der Waals surface area (Å²) in [7, 11) is -3.82. The van der Waals surface area contributed by atoms with Gasteiger partial charge < -0.3 is 11.1 Å². The highest BCUT2D eigenvalue weighted by Gasteiger charge is 2.20. The molecule has 0 spiro atoms. The van der Waals surface area contributed by atoms with Gasteiger partial charge in [-0.05, 0) is 32.0 Å². The quantitative estimate of drug-likeness (QED) is 0.750. The number of amides is 1. The van der Waals surface area contributed by atoms with Gasteiger partial charge in [-0.3, -0.25) is 4.79 Å². The summed E-state index contributed by atoms with van der Waals surface area (Å²) in [6, 6.07) is 3.16. The molecule has 0 saturated carbocycles. The fraction of sp³-hybridized carbons (Fsp3) is 0.417. The van der Waals surface area contributed by atoms with Crippen LogP contribution in [0.4, 0.5) is 10.1 Å². The summed E-state index contributed by atoms with van der Waals surface area (Å²) in [5.41, 5.74) is 4.79. The predicted molar refractivity (Wildman–Crippen MR) is 81.4 cm³/mol. The van der Waals surface area contributed by atoms with Gasteiger partial charge in [-0.15, -0.1) is 12.4 Å². The zero-order valence-electron chi connectivity index (χ0n) is 11.9. The van der Waals surface area contributed by atoms with Crippen molar-refractivity contribution in [3.63, 3.8) is 0 Å². The molecule has 0 radical (unpaired) electrons. The normalized spacial score (nSPS) is 11.7. The van der Waals surface area contributed by atoms with Gasteiger partial charge in [0, 0.05) is 19.0 Å². The van der Waals surface area contributed by atoms with E-state index in [2.05, 4.69) is 10.0 Å². The van der Waals surface area contributed by atoms with Crippen LogP contribution in [0, 0.1) is 5.82 Å². The molecule has 0 fully saturated rings. The highest BCUT2D eigenvalue weighted by Crippen LogP contribution is 2.19. The van der Waals surface area contributed by atoms with Crippen LogP contribution in [0.1, 0.15) is 20.8 Å². The molecule has 0 atom stereocenters. The molecule has 0 saturated heterocycles. The maximum atomic E-state index is 13.4. The van der Waals surface area contributed by atoms with Crippen LogP contribution in [-0.2, 0) is 14.8 Å². The van der Waals surface area contributed by atoms with E-state index in [4.69, 9.17) is 5.73 Å². The number of rotatable bonds is 5. The van der Waals surface area contributed by atoms with Gasteiger partial charge in [-0.1, -0.05) is 0 Å². The second-order valence-corrected chi connectivity index (χ2v) is 6.90. The Morgan fingerprint density at radius 2 is 1.95 bits per heavy atom. The average Bonchev–Trinajstić information content (AvgIpc) is 2.28. The van der Waals surface area contributed by atoms with Crippen molar-refractivity contribution in [3.8, 4) is 0 Å². The number of carbonyl (C=O) groups excluding carboxylic acids is 1. The summed E-state index contributed by atoms with van der Waals surface area (Å²) < 4.78 is 39.8. The lowest BCUT2D eigenvalue weighted by atomic mass is 10.1. The molecular weight excluding hydrogens is 321 g/mol. The minimum Gasteiger partial charge on any atom is -0.324 e. The fourth-order valence-corrected chi connectivity index (χ4v) is 2.57. The number of carbonyl (C=O) groups is 1. The van der Waals surface area contributed by atoms with Crippen molar-refractivity contribution in [1.29, 1.82) is 0 Å². The topological polar surface area (TPSA) is 101 Å². The van der Waals surface area contributed by atoms with Crippen LogP contribution in [0.15, 0.2) is 23.1 Å². The maximum absolute atomic E-state index is 13.4. The third-order valence-corrected chi connectivity index (χ3v) is 3.68. The highest BCUT2D eigenvalue weighted by atomic mass is 35.5. The Morgan fingerprint density at radius 3 is 2.43 bits per heavy atom. The van der Waals surface area contributed by atoms with Crippen LogP contribution in [0.2, 0.25) is 0 Å². The Morgan fingerprint density at radius 1 is 1.38 bits per heavy atom. The SMILES string of the molecule is CC(=O)Nc1cc(S(=O)(=O)NCC(C)(C)N)ccc1F.Cl. The molecule has 1 aromatic rings. The summed E-state index contributed by atoms with van der Waals surface area (Å²) in [4.78, 5) is 10.8. The van der Waals surface area contributed by atoms with Crippen molar-refractivity contribution in [2.24, 2.45) is 5.73 Å². The molecule has 0 aliphatic heterocycles. The van der Waals surface area contributed by atoms with E-state index in [0.29, 0.717) is 0 Å². The van der Waals surface area contributed by atoms with Gasteiger partial charge in [-0.2, -0.15) is 0 Å². The van der Waals surface area contributed by atoms with Crippen LogP contribution in [0.25, 0.3) is 0 Å². The van der Waals surface area contributed by atoms with Crippen molar-refractivity contribution >= 4 is 34.0 Å². The maximum Gasteiger partial charge on any atom is 0.240 e. The zero-order chi connectivity index (χ0) is 15.6. The first-order chi connectivity index (χ1) is 9.01. The summed E-state index contributed by atoms with van der Waals surface area (Å²) >= 11 is 0. The average molecular weight is 340 g/mol. The molecule has 1 amide bonds. The second kappa shape index (κ2) is 7.17. The van der Waals surface area contributed by atoms with Gasteiger partial charge in [0.15, 0.2) is 0 Å². The van der Waals surface area contributed by atoms with E-state index in [-0.39, 0.29) is 29.5 Å². The Bertz CT molecular complexity index is 615. The lowest BCUT2D eigenvalue weighted by Crippen LogP contribution is -2.45. The van der Waals surface area contributed by atoms with Crippen LogP contribution in [-0.4, -0.2) is 26.4 Å². The monoisotopic (exact) mass is 339 g/mol. The van der Waals surface area contributed by atoms with Crippen LogP contribution < -0.4 is 15.8 Å². The zero-order valence-corrected chi connectivity index (χ0v) is 13.6. The van der Waals surface area contributed by atoms with Crippen molar-refractivity contribution in [2.45, 2.75) is 31.2 Å². The number of nitrogens with two attached hydrogens (primary N) is 1. The minimum absolute atomic E-state index is 0. The molecule has 0 aliphatic rings. The fourth-order valence-electron chi connectivity index (χ4n) is 1.32. The van der Waals surface area contributed by atoms with Gasteiger partial charge in [0.2, 0.25) is 15.9 Å². The van der Waals surface area contributed by atoms with E-state index >= 15 is 0 Å². The molecule has 0 bridgehead atoms. The van der Waals surface area contributed by atoms with Crippen molar-refractivity contribution in [3.05, 3.63) is 24.0 Å². The summed E-state index contributed by atoms with van der Waals surface area (Å²) in [5.74, 6) is -1.20. The third-order valence-electron chi connectivity index (χ3n) is 2.28. The molecule has 1 rings (SSSR count). The molecular formula is C12H19ClFN3O3S. The van der Waals surface area contributed by atoms with Crippen molar-refractivity contribution in [1.82, 2.24) is 4.72 Å². The largest absolute Gasteiger partial charge is 0.324 e. The lowest BCUT2D eigenvalue weighted by molar-refractivity contribution is -0.114. The molecule has 0 heterocycles. The molecule has 0 aliphatic carbocycles. The number of sulfonamides is 1. The first-order valence-electron chi connectivity index (χ1n) is 5.87. The molecule has 0 aromatic heterocycles. The van der Waals surface area contributed by atoms with Crippen LogP contribution in [0.5, 0.6) is 0 Å². The van der Waals surface area contributed by atoms with E-state index in [1.165, 1.54) is 6.92 Å². The van der Waals surface area contributed by atoms with Gasteiger partial charge in [0.1, 0.15) is 5.82 Å². The highest BCUT2D eigenvalue weighted by molar-refractivity contribution is 7.89. The lowest BCUT2D eigenvalue weighted by Gasteiger charge is -2.19. The predicted octanol–water partition coefficient (Wildman–Crippen LogP) is 1.22. The molecule has 6 nitrogen and oxygen atoms in total. The number of halogens is 2. The number of hydrogen-bond acceptors (Lipinski definition) is 4. The van der Waals surface area contributed by atoms with E-state index in [1.807, 2.05) is 0 Å². The molecule has 4 N–H and O–H groups in total. The molecule has 0 unspecified atom stereocenters. The number of benzene rings is 1. The van der Waals surface area contributed by atoms with Crippen molar-refractivity contribution < 1.29 is 17.6 Å². The van der Waals surface area contributed by atoms with E-state index < -0.39 is 27.3 Å². The third kappa shape index (κ3) is 6.38. The number of hydrogen-bond donors (Lipinski definition) is 3. The molecule has 21 heavy (non-hydrogen) atoms. The molecule has 120 valence electrons. The first kappa shape index (κ1) is 19.8. The van der Waals surface area contributed by atoms with Crippen molar-refractivity contribution in [2.75, 3.05) is 11.9 Å². The smallest absolute Gasteiger partial charge is 0.240 e. The Hall–Kier alpha value is -1.22. The summed E-state index contributed by atoms with van der Waals surface area (Å²) in [6.07, 6.45) is 0. The molecule has 9 heteroatoms. The van der Waals surface area contributed by atoms with Gasteiger partial charge in [0.05, 0.1) is 10.6 Å². The number of nitrogens with one attached hydrogen (secondary N) is 2. The summed E-state index contributed by atoms with van der Waals surface area (Å²) in [5, 5.41) is 2.23. The standard InChI is InChI=1S/C12H18FN3O3S.ClH/c1-8(17)16-11-6-9(4-5-10(11)13)20(18,19)15-7-12(2,3)14;/h4-6,15H,7,14H2,1-3H3,(H,16,17);1H.